The molecule has 1 fully saturated rings. The van der Waals surface area contributed by atoms with Crippen molar-refractivity contribution in [2.24, 2.45) is 0 Å². The predicted octanol–water partition coefficient (Wildman–Crippen LogP) is 3.62. The van der Waals surface area contributed by atoms with E-state index in [2.05, 4.69) is 20.5 Å². The number of nitrogens with zero attached hydrogens (tertiary/aromatic N) is 2. The molecule has 6 nitrogen and oxygen atoms in total. The molecule has 156 valence electrons. The second-order valence-corrected chi connectivity index (χ2v) is 8.99. The molecule has 1 aliphatic heterocycles. The highest BCUT2D eigenvalue weighted by atomic mass is 32.2. The lowest BCUT2D eigenvalue weighted by atomic mass is 10.1. The van der Waals surface area contributed by atoms with E-state index in [0.717, 1.165) is 31.1 Å². The van der Waals surface area contributed by atoms with E-state index in [0.29, 0.717) is 17.1 Å². The zero-order valence-electron chi connectivity index (χ0n) is 16.7. The van der Waals surface area contributed by atoms with E-state index in [9.17, 15) is 9.59 Å². The first kappa shape index (κ1) is 21.8. The smallest absolute Gasteiger partial charge is 0.251 e. The van der Waals surface area contributed by atoms with Gasteiger partial charge in [0.05, 0.1) is 5.69 Å². The minimum Gasteiger partial charge on any atom is -0.340 e. The second-order valence-electron chi connectivity index (χ2n) is 7.14. The molecule has 1 atom stereocenters. The SMILES string of the molecule is CSCCC(NC(=O)c1ccccc1)C(=O)Nc1nc(CN2CCCCC2)cs1. The van der Waals surface area contributed by atoms with Gasteiger partial charge < -0.3 is 10.6 Å². The lowest BCUT2D eigenvalue weighted by molar-refractivity contribution is -0.118. The van der Waals surface area contributed by atoms with Crippen molar-refractivity contribution in [2.45, 2.75) is 38.3 Å². The van der Waals surface area contributed by atoms with Crippen LogP contribution in [0.25, 0.3) is 0 Å². The Morgan fingerprint density at radius 2 is 1.97 bits per heavy atom. The lowest BCUT2D eigenvalue weighted by Crippen LogP contribution is -2.44. The van der Waals surface area contributed by atoms with E-state index in [1.165, 1.54) is 30.6 Å². The molecule has 3 rings (SSSR count). The summed E-state index contributed by atoms with van der Waals surface area (Å²) in [6.07, 6.45) is 6.35. The number of hydrogen-bond acceptors (Lipinski definition) is 6. The van der Waals surface area contributed by atoms with Gasteiger partial charge in [0.25, 0.3) is 5.91 Å². The van der Waals surface area contributed by atoms with Crippen LogP contribution in [-0.4, -0.2) is 52.8 Å². The van der Waals surface area contributed by atoms with Crippen LogP contribution >= 0.6 is 23.1 Å². The number of thiazole rings is 1. The van der Waals surface area contributed by atoms with Crippen LogP contribution in [0.15, 0.2) is 35.7 Å². The fourth-order valence-corrected chi connectivity index (χ4v) is 4.49. The van der Waals surface area contributed by atoms with Gasteiger partial charge in [-0.05, 0) is 56.5 Å². The summed E-state index contributed by atoms with van der Waals surface area (Å²) in [4.78, 5) is 32.3. The molecule has 0 radical (unpaired) electrons. The highest BCUT2D eigenvalue weighted by Crippen LogP contribution is 2.19. The van der Waals surface area contributed by atoms with E-state index < -0.39 is 6.04 Å². The number of likely N-dealkylation sites (tertiary alicyclic amines) is 1. The molecule has 1 aromatic heterocycles. The average Bonchev–Trinajstić information content (AvgIpc) is 3.18. The molecule has 1 aliphatic rings. The maximum Gasteiger partial charge on any atom is 0.251 e. The fraction of sp³-hybridized carbons (Fsp3) is 0.476. The van der Waals surface area contributed by atoms with Gasteiger partial charge in [0, 0.05) is 17.5 Å². The lowest BCUT2D eigenvalue weighted by Gasteiger charge is -2.25. The number of aromatic nitrogens is 1. The van der Waals surface area contributed by atoms with Crippen LogP contribution in [0.1, 0.15) is 41.7 Å². The van der Waals surface area contributed by atoms with Gasteiger partial charge in [-0.15, -0.1) is 11.3 Å². The highest BCUT2D eigenvalue weighted by molar-refractivity contribution is 7.98. The summed E-state index contributed by atoms with van der Waals surface area (Å²) in [5.41, 5.74) is 1.54. The number of amides is 2. The topological polar surface area (TPSA) is 74.3 Å². The van der Waals surface area contributed by atoms with Crippen molar-refractivity contribution in [3.63, 3.8) is 0 Å². The molecular formula is C21H28N4O2S2. The summed E-state index contributed by atoms with van der Waals surface area (Å²) in [6.45, 7) is 3.05. The molecule has 0 spiro atoms. The molecule has 2 heterocycles. The van der Waals surface area contributed by atoms with Crippen LogP contribution < -0.4 is 10.6 Å². The van der Waals surface area contributed by atoms with Crippen LogP contribution in [0, 0.1) is 0 Å². The number of carbonyl (C=O) groups excluding carboxylic acids is 2. The summed E-state index contributed by atoms with van der Waals surface area (Å²) < 4.78 is 0. The van der Waals surface area contributed by atoms with Crippen molar-refractivity contribution in [1.29, 1.82) is 0 Å². The Morgan fingerprint density at radius 3 is 2.69 bits per heavy atom. The van der Waals surface area contributed by atoms with Crippen molar-refractivity contribution in [3.8, 4) is 0 Å². The zero-order chi connectivity index (χ0) is 20.5. The predicted molar refractivity (Wildman–Crippen MR) is 121 cm³/mol. The van der Waals surface area contributed by atoms with Gasteiger partial charge in [0.2, 0.25) is 5.91 Å². The first-order valence-corrected chi connectivity index (χ1v) is 12.3. The summed E-state index contributed by atoms with van der Waals surface area (Å²) in [7, 11) is 0. The molecule has 0 bridgehead atoms. The zero-order valence-corrected chi connectivity index (χ0v) is 18.4. The van der Waals surface area contributed by atoms with Crippen LogP contribution in [0.3, 0.4) is 0 Å². The Kier molecular flexibility index (Phi) is 8.52. The van der Waals surface area contributed by atoms with E-state index in [4.69, 9.17) is 0 Å². The summed E-state index contributed by atoms with van der Waals surface area (Å²) in [6, 6.07) is 8.37. The molecule has 0 saturated carbocycles. The van der Waals surface area contributed by atoms with Crippen LogP contribution in [0.4, 0.5) is 5.13 Å². The molecule has 2 aromatic rings. The third-order valence-electron chi connectivity index (χ3n) is 4.88. The molecule has 29 heavy (non-hydrogen) atoms. The normalized spacial score (nSPS) is 15.6. The average molecular weight is 433 g/mol. The van der Waals surface area contributed by atoms with E-state index in [1.54, 1.807) is 23.9 Å². The number of thioether (sulfide) groups is 1. The van der Waals surface area contributed by atoms with Crippen molar-refractivity contribution in [1.82, 2.24) is 15.2 Å². The minimum atomic E-state index is -0.593. The third kappa shape index (κ3) is 6.83. The minimum absolute atomic E-state index is 0.220. The quantitative estimate of drug-likeness (QED) is 0.633. The number of rotatable bonds is 9. The molecule has 2 amide bonds. The number of benzene rings is 1. The van der Waals surface area contributed by atoms with Crippen LogP contribution in [-0.2, 0) is 11.3 Å². The van der Waals surface area contributed by atoms with Crippen molar-refractivity contribution in [2.75, 3.05) is 30.4 Å². The molecule has 2 N–H and O–H groups in total. The van der Waals surface area contributed by atoms with Gasteiger partial charge in [-0.1, -0.05) is 24.6 Å². The Balaban J connectivity index is 1.58. The summed E-state index contributed by atoms with van der Waals surface area (Å²) >= 11 is 3.09. The van der Waals surface area contributed by atoms with E-state index in [-0.39, 0.29) is 11.8 Å². The Hall–Kier alpha value is -1.90. The maximum absolute atomic E-state index is 12.8. The third-order valence-corrected chi connectivity index (χ3v) is 6.34. The van der Waals surface area contributed by atoms with Crippen molar-refractivity contribution in [3.05, 3.63) is 47.0 Å². The van der Waals surface area contributed by atoms with E-state index in [1.807, 2.05) is 29.8 Å². The summed E-state index contributed by atoms with van der Waals surface area (Å²) in [5.74, 6) is 0.324. The molecule has 0 aliphatic carbocycles. The number of carbonyl (C=O) groups is 2. The van der Waals surface area contributed by atoms with Crippen LogP contribution in [0.2, 0.25) is 0 Å². The molecular weight excluding hydrogens is 404 g/mol. The maximum atomic E-state index is 12.8. The number of anilines is 1. The number of hydrogen-bond donors (Lipinski definition) is 2. The van der Waals surface area contributed by atoms with Gasteiger partial charge in [-0.25, -0.2) is 4.98 Å². The van der Waals surface area contributed by atoms with E-state index >= 15 is 0 Å². The van der Waals surface area contributed by atoms with Crippen molar-refractivity contribution >= 4 is 40.0 Å². The first-order chi connectivity index (χ1) is 14.2. The summed E-state index contributed by atoms with van der Waals surface area (Å²) in [5, 5.41) is 8.35. The Morgan fingerprint density at radius 1 is 1.21 bits per heavy atom. The highest BCUT2D eigenvalue weighted by Gasteiger charge is 2.22. The fourth-order valence-electron chi connectivity index (χ4n) is 3.31. The van der Waals surface area contributed by atoms with Gasteiger partial charge in [0.15, 0.2) is 5.13 Å². The van der Waals surface area contributed by atoms with Gasteiger partial charge >= 0.3 is 0 Å². The Labute approximate surface area is 180 Å². The molecule has 1 aromatic carbocycles. The standard InChI is InChI=1S/C21H28N4O2S2/c1-28-13-10-18(23-19(26)16-8-4-2-5-9-16)20(27)24-21-22-17(15-29-21)14-25-11-6-3-7-12-25/h2,4-5,8-9,15,18H,3,6-7,10-14H2,1H3,(H,23,26)(H,22,24,27). The monoisotopic (exact) mass is 432 g/mol. The number of nitrogens with one attached hydrogen (secondary N) is 2. The van der Waals surface area contributed by atoms with Crippen molar-refractivity contribution < 1.29 is 9.59 Å². The first-order valence-electron chi connectivity index (χ1n) is 9.98. The Bertz CT molecular complexity index is 791. The second kappa shape index (κ2) is 11.3. The molecule has 1 unspecified atom stereocenters. The van der Waals surface area contributed by atoms with Crippen LogP contribution in [0.5, 0.6) is 0 Å². The molecule has 1 saturated heterocycles. The largest absolute Gasteiger partial charge is 0.340 e. The van der Waals surface area contributed by atoms with Gasteiger partial charge in [-0.2, -0.15) is 11.8 Å². The number of piperidine rings is 1. The van der Waals surface area contributed by atoms with Gasteiger partial charge in [0.1, 0.15) is 6.04 Å². The van der Waals surface area contributed by atoms with Gasteiger partial charge in [-0.3, -0.25) is 14.5 Å². The molecule has 8 heteroatoms.